The van der Waals surface area contributed by atoms with Gasteiger partial charge in [-0.15, -0.1) is 0 Å². The molecule has 0 aromatic carbocycles. The molecular formula is C45H56AgAu2BrClF3N14O3S-4. The Morgan fingerprint density at radius 1 is 0.577 bits per heavy atom. The van der Waals surface area contributed by atoms with Gasteiger partial charge >= 0.3 is 89.0 Å². The summed E-state index contributed by atoms with van der Waals surface area (Å²) in [6.45, 7) is 18.0. The Morgan fingerprint density at radius 2 is 0.803 bits per heavy atom. The average molecular weight is 1550 g/mol. The number of hydrogen-bond donors (Lipinski definition) is 0. The number of nitrogens with zero attached hydrogens (tertiary/aromatic N) is 14. The zero-order valence-electron chi connectivity index (χ0n) is 39.2. The minimum Gasteiger partial charge on any atom is -0.441 e. The van der Waals surface area contributed by atoms with E-state index in [1.54, 1.807) is 69.6 Å². The average Bonchev–Trinajstić information content (AvgIpc) is 4.23. The van der Waals surface area contributed by atoms with Crippen molar-refractivity contribution in [2.45, 2.75) is 84.6 Å². The van der Waals surface area contributed by atoms with Crippen LogP contribution in [0.2, 0.25) is 0 Å². The van der Waals surface area contributed by atoms with E-state index in [0.29, 0.717) is 23.3 Å². The van der Waals surface area contributed by atoms with Gasteiger partial charge in [-0.3, -0.25) is 0 Å². The van der Waals surface area contributed by atoms with Crippen LogP contribution in [0.25, 0.3) is 46.1 Å². The van der Waals surface area contributed by atoms with Gasteiger partial charge in [-0.25, -0.2) is 18.4 Å². The van der Waals surface area contributed by atoms with E-state index in [9.17, 15) is 13.2 Å². The first-order valence-electron chi connectivity index (χ1n) is 21.9. The van der Waals surface area contributed by atoms with Crippen LogP contribution < -0.4 is 19.9 Å². The van der Waals surface area contributed by atoms with Gasteiger partial charge in [-0.05, 0) is 124 Å². The predicted molar refractivity (Wildman–Crippen MR) is 259 cm³/mol. The van der Waals surface area contributed by atoms with E-state index in [4.69, 9.17) is 13.0 Å². The van der Waals surface area contributed by atoms with E-state index >= 15 is 0 Å². The summed E-state index contributed by atoms with van der Waals surface area (Å²) in [5.41, 5.74) is -2.73. The first kappa shape index (κ1) is 65.5. The molecule has 0 saturated heterocycles. The van der Waals surface area contributed by atoms with Crippen molar-refractivity contribution in [3.8, 4) is 46.1 Å². The summed E-state index contributed by atoms with van der Waals surface area (Å²) in [4.78, 5) is 50.7. The van der Waals surface area contributed by atoms with Crippen molar-refractivity contribution < 1.29 is 87.4 Å². The van der Waals surface area contributed by atoms with Gasteiger partial charge in [0.1, 0.15) is 0 Å². The molecule has 26 heteroatoms. The molecule has 8 heterocycles. The van der Waals surface area contributed by atoms with E-state index in [-0.39, 0.29) is 22.4 Å². The number of imidazole rings is 4. The molecule has 6 aromatic heterocycles. The van der Waals surface area contributed by atoms with Gasteiger partial charge in [0, 0.05) is 0 Å². The zero-order chi connectivity index (χ0) is 51.6. The van der Waals surface area contributed by atoms with Crippen molar-refractivity contribution in [1.82, 2.24) is 69.4 Å². The van der Waals surface area contributed by atoms with E-state index in [1.807, 2.05) is 36.4 Å². The maximum Gasteiger partial charge on any atom is 0.0627 e. The summed E-state index contributed by atoms with van der Waals surface area (Å²) in [6.07, 6.45) is 32.0. The van der Waals surface area contributed by atoms with Crippen LogP contribution in [0.1, 0.15) is 79.1 Å². The van der Waals surface area contributed by atoms with Crippen LogP contribution >= 0.6 is 22.2 Å². The van der Waals surface area contributed by atoms with Crippen molar-refractivity contribution in [2.75, 3.05) is 26.2 Å². The molecule has 0 unspecified atom stereocenters. The SMILES string of the molecule is CCCCN1C=CN(CCCC)[CH-]1.CCCCN1C=CN(CCCC)[CH-]1.O=S(=O)([O-])C(F)(F)F.[Au+3].[Br][Ag].[Cl][Au].c1cc(-c2ncc[n-]2)nc(-c2ncc[n-]2)c1.c1cc(-c2ncc[n-]2)nc(-c2ncc[n-]2)c1. The minimum atomic E-state index is -6.09. The molecule has 0 bridgehead atoms. The summed E-state index contributed by atoms with van der Waals surface area (Å²) < 4.78 is 58.9. The number of aromatic nitrogens is 10. The fourth-order valence-corrected chi connectivity index (χ4v) is 5.63. The van der Waals surface area contributed by atoms with Gasteiger partial charge in [-0.2, -0.15) is 26.5 Å². The molecule has 2 aliphatic rings. The summed E-state index contributed by atoms with van der Waals surface area (Å²) in [5.74, 6) is 2.48. The third kappa shape index (κ3) is 25.8. The topological polar surface area (TPSA) is 204 Å². The van der Waals surface area contributed by atoms with Crippen molar-refractivity contribution in [2.24, 2.45) is 0 Å². The standard InChI is InChI=1S/2C11H7N5.2C11H21N2.CHF3O3S.Ag.2Au.BrH.ClH/c2*1-2-8(10-12-4-5-13-10)16-9(3-1)11-14-6-7-15-11;2*1-3-5-7-12-9-10-13(11-12)8-6-4-2;2-1(3,4)8(5,6)7;;;;;/h2*1-7H;2*9-11H,3-8H2,1-2H3;(H,5,6,7);;;;2*1H/q2*-2;2*-1;;2*+1;+3;;/p-3. The largest absolute Gasteiger partial charge is 0.441 e. The molecule has 0 aliphatic carbocycles. The van der Waals surface area contributed by atoms with E-state index < -0.39 is 15.6 Å². The Kier molecular flexibility index (Phi) is 35.2. The van der Waals surface area contributed by atoms with Crippen LogP contribution in [0.4, 0.5) is 13.2 Å². The zero-order valence-corrected chi connectivity index (χ0v) is 48.2. The molecule has 0 fully saturated rings. The second-order valence-electron chi connectivity index (χ2n) is 14.4. The number of unbranched alkanes of at least 4 members (excludes halogenated alkanes) is 4. The summed E-state index contributed by atoms with van der Waals surface area (Å²) in [7, 11) is -1.51. The first-order valence-corrected chi connectivity index (χ1v) is 29.4. The van der Waals surface area contributed by atoms with Gasteiger partial charge in [0.25, 0.3) is 0 Å². The van der Waals surface area contributed by atoms with Crippen LogP contribution in [0.15, 0.2) is 111 Å². The molecule has 6 aromatic rings. The number of pyridine rings is 2. The summed E-state index contributed by atoms with van der Waals surface area (Å²) in [5, 5.41) is 0. The second-order valence-corrected chi connectivity index (χ2v) is 15.8. The summed E-state index contributed by atoms with van der Waals surface area (Å²) in [6, 6.07) is 11.2. The monoisotopic (exact) mass is 1540 g/mol. The Morgan fingerprint density at radius 3 is 0.972 bits per heavy atom. The van der Waals surface area contributed by atoms with E-state index in [0.717, 1.165) is 49.0 Å². The maximum absolute atomic E-state index is 10.7. The Bertz CT molecular complexity index is 2100. The second kappa shape index (κ2) is 38.1. The molecule has 0 saturated carbocycles. The third-order valence-electron chi connectivity index (χ3n) is 9.11. The number of alkyl halides is 3. The summed E-state index contributed by atoms with van der Waals surface area (Å²) >= 11 is 7.26. The number of halogens is 5. The molecule has 0 spiro atoms. The Hall–Kier alpha value is -3.49. The molecule has 0 atom stereocenters. The van der Waals surface area contributed by atoms with Gasteiger partial charge in [0.15, 0.2) is 10.1 Å². The molecule has 402 valence electrons. The molecule has 0 amide bonds. The Balaban J connectivity index is 0.000000441. The van der Waals surface area contributed by atoms with Crippen molar-refractivity contribution in [1.29, 1.82) is 0 Å². The van der Waals surface area contributed by atoms with Crippen molar-refractivity contribution in [3.05, 3.63) is 124 Å². The smallest absolute Gasteiger partial charge is 0.0627 e. The minimum absolute atomic E-state index is 0. The van der Waals surface area contributed by atoms with E-state index in [2.05, 4.69) is 176 Å². The third-order valence-corrected chi connectivity index (χ3v) is 9.68. The van der Waals surface area contributed by atoms with Gasteiger partial charge in [-0.1, -0.05) is 115 Å². The number of rotatable bonds is 16. The van der Waals surface area contributed by atoms with Crippen molar-refractivity contribution >= 4 is 32.3 Å². The Labute approximate surface area is 466 Å². The molecule has 71 heavy (non-hydrogen) atoms. The number of hydrogen-bond acceptors (Lipinski definition) is 13. The van der Waals surface area contributed by atoms with Crippen molar-refractivity contribution in [3.63, 3.8) is 0 Å². The van der Waals surface area contributed by atoms with Gasteiger partial charge in [0.2, 0.25) is 0 Å². The van der Waals surface area contributed by atoms with Gasteiger partial charge in [0.05, 0.1) is 22.8 Å². The maximum atomic E-state index is 10.7. The molecule has 2 aliphatic heterocycles. The quantitative estimate of drug-likeness (QED) is 0.0383. The molecule has 17 nitrogen and oxygen atoms in total. The molecular weight excluding hydrogens is 1490 g/mol. The molecule has 0 N–H and O–H groups in total. The van der Waals surface area contributed by atoms with Crippen LogP contribution in [-0.4, -0.2) is 94.2 Å². The fourth-order valence-electron chi connectivity index (χ4n) is 5.63. The van der Waals surface area contributed by atoms with Crippen LogP contribution in [0, 0.1) is 13.3 Å². The normalized spacial score (nSPS) is 12.3. The molecule has 8 rings (SSSR count). The van der Waals surface area contributed by atoms with Gasteiger partial charge < -0.3 is 64.0 Å². The molecule has 0 radical (unpaired) electrons. The first-order chi connectivity index (χ1) is 33.8. The van der Waals surface area contributed by atoms with Crippen LogP contribution in [0.5, 0.6) is 0 Å². The van der Waals surface area contributed by atoms with Crippen LogP contribution in [0.3, 0.4) is 0 Å². The fraction of sp³-hybridized carbons (Fsp3) is 0.378. The predicted octanol–water partition coefficient (Wildman–Crippen LogP) is 9.41. The van der Waals surface area contributed by atoms with Crippen LogP contribution in [-0.2, 0) is 71.4 Å². The van der Waals surface area contributed by atoms with E-state index in [1.165, 1.54) is 51.4 Å².